The number of likely N-dealkylation sites (N-methyl/N-ethyl adjacent to an activating group) is 1. The maximum absolute atomic E-state index is 4.79. The highest BCUT2D eigenvalue weighted by Crippen LogP contribution is 2.07. The van der Waals surface area contributed by atoms with Crippen molar-refractivity contribution in [1.82, 2.24) is 20.1 Å². The summed E-state index contributed by atoms with van der Waals surface area (Å²) < 4.78 is 2.16. The molecule has 2 aromatic rings. The quantitative estimate of drug-likeness (QED) is 0.543. The summed E-state index contributed by atoms with van der Waals surface area (Å²) >= 11 is 0. The van der Waals surface area contributed by atoms with Gasteiger partial charge in [0, 0.05) is 38.1 Å². The van der Waals surface area contributed by atoms with E-state index in [4.69, 9.17) is 4.99 Å². The molecule has 0 amide bonds. The number of nitrogens with one attached hydrogen (secondary N) is 2. The number of aliphatic imine (C=N–C) groups is 1. The van der Waals surface area contributed by atoms with E-state index in [0.29, 0.717) is 6.04 Å². The first-order valence-electron chi connectivity index (χ1n) is 9.02. The minimum atomic E-state index is 0.377. The molecule has 136 valence electrons. The maximum atomic E-state index is 4.79. The molecule has 1 heterocycles. The van der Waals surface area contributed by atoms with Gasteiger partial charge in [-0.15, -0.1) is 0 Å². The molecular formula is C20H31N5. The van der Waals surface area contributed by atoms with Crippen molar-refractivity contribution >= 4 is 5.96 Å². The van der Waals surface area contributed by atoms with Crippen LogP contribution in [-0.2, 0) is 13.0 Å². The monoisotopic (exact) mass is 341 g/mol. The van der Waals surface area contributed by atoms with Crippen LogP contribution in [0.25, 0.3) is 0 Å². The molecular weight excluding hydrogens is 310 g/mol. The number of hydrogen-bond acceptors (Lipinski definition) is 2. The topological polar surface area (TPSA) is 44.6 Å². The maximum Gasteiger partial charge on any atom is 0.191 e. The molecule has 0 aliphatic rings. The van der Waals surface area contributed by atoms with Gasteiger partial charge in [-0.2, -0.15) is 0 Å². The fourth-order valence-electron chi connectivity index (χ4n) is 2.66. The van der Waals surface area contributed by atoms with Crippen LogP contribution in [0.3, 0.4) is 0 Å². The Morgan fingerprint density at radius 2 is 1.80 bits per heavy atom. The molecule has 0 bridgehead atoms. The van der Waals surface area contributed by atoms with Crippen molar-refractivity contribution in [3.05, 3.63) is 60.4 Å². The Bertz CT molecular complexity index is 604. The average Bonchev–Trinajstić information content (AvgIpc) is 3.12. The number of nitrogens with zero attached hydrogens (tertiary/aromatic N) is 3. The van der Waals surface area contributed by atoms with Crippen LogP contribution < -0.4 is 10.6 Å². The van der Waals surface area contributed by atoms with Crippen molar-refractivity contribution < 1.29 is 0 Å². The van der Waals surface area contributed by atoms with E-state index in [0.717, 1.165) is 38.6 Å². The predicted molar refractivity (Wildman–Crippen MR) is 106 cm³/mol. The molecule has 0 aliphatic heterocycles. The van der Waals surface area contributed by atoms with Crippen molar-refractivity contribution in [3.63, 3.8) is 0 Å². The van der Waals surface area contributed by atoms with E-state index < -0.39 is 0 Å². The smallest absolute Gasteiger partial charge is 0.191 e. The summed E-state index contributed by atoms with van der Waals surface area (Å²) in [6.07, 6.45) is 5.15. The van der Waals surface area contributed by atoms with E-state index in [1.807, 2.05) is 12.1 Å². The van der Waals surface area contributed by atoms with Crippen LogP contribution >= 0.6 is 0 Å². The minimum Gasteiger partial charge on any atom is -0.357 e. The van der Waals surface area contributed by atoms with Gasteiger partial charge < -0.3 is 20.1 Å². The van der Waals surface area contributed by atoms with Crippen LogP contribution in [0.5, 0.6) is 0 Å². The predicted octanol–water partition coefficient (Wildman–Crippen LogP) is 2.22. The molecule has 5 heteroatoms. The molecule has 0 radical (unpaired) electrons. The zero-order valence-corrected chi connectivity index (χ0v) is 15.7. The largest absolute Gasteiger partial charge is 0.357 e. The molecule has 0 saturated carbocycles. The van der Waals surface area contributed by atoms with Crippen molar-refractivity contribution in [2.45, 2.75) is 25.9 Å². The van der Waals surface area contributed by atoms with Gasteiger partial charge in [0.15, 0.2) is 5.96 Å². The zero-order chi connectivity index (χ0) is 17.9. The Morgan fingerprint density at radius 3 is 2.44 bits per heavy atom. The van der Waals surface area contributed by atoms with E-state index in [-0.39, 0.29) is 0 Å². The summed E-state index contributed by atoms with van der Waals surface area (Å²) in [5.74, 6) is 0.884. The lowest BCUT2D eigenvalue weighted by Gasteiger charge is -2.23. The highest BCUT2D eigenvalue weighted by Gasteiger charge is 2.12. The minimum absolute atomic E-state index is 0.377. The Hall–Kier alpha value is -2.27. The Labute approximate surface area is 151 Å². The number of aromatic nitrogens is 1. The zero-order valence-electron chi connectivity index (χ0n) is 15.7. The molecule has 1 unspecified atom stereocenters. The van der Waals surface area contributed by atoms with Crippen molar-refractivity contribution in [3.8, 4) is 0 Å². The second-order valence-electron chi connectivity index (χ2n) is 6.37. The lowest BCUT2D eigenvalue weighted by Crippen LogP contribution is -2.40. The lowest BCUT2D eigenvalue weighted by atomic mass is 10.1. The Balaban J connectivity index is 1.89. The van der Waals surface area contributed by atoms with Crippen LogP contribution in [-0.4, -0.2) is 55.2 Å². The second-order valence-corrected chi connectivity index (χ2v) is 6.37. The fraction of sp³-hybridized carbons (Fsp3) is 0.450. The van der Waals surface area contributed by atoms with Crippen LogP contribution in [0.2, 0.25) is 0 Å². The van der Waals surface area contributed by atoms with Gasteiger partial charge in [0.05, 0.1) is 6.54 Å². The lowest BCUT2D eigenvalue weighted by molar-refractivity contribution is 0.298. The molecule has 25 heavy (non-hydrogen) atoms. The Morgan fingerprint density at radius 1 is 1.08 bits per heavy atom. The van der Waals surface area contributed by atoms with Gasteiger partial charge in [-0.3, -0.25) is 4.99 Å². The van der Waals surface area contributed by atoms with Crippen molar-refractivity contribution in [2.75, 3.05) is 33.7 Å². The third-order valence-electron chi connectivity index (χ3n) is 4.18. The van der Waals surface area contributed by atoms with Crippen molar-refractivity contribution in [2.24, 2.45) is 4.99 Å². The van der Waals surface area contributed by atoms with Crippen molar-refractivity contribution in [1.29, 1.82) is 0 Å². The molecule has 0 fully saturated rings. The first-order chi connectivity index (χ1) is 12.2. The standard InChI is InChI=1S/C20H31N5/c1-4-21-20(22-12-15-25-13-8-9-14-25)23-17-19(24(2)3)16-18-10-6-5-7-11-18/h5-11,13-14,19H,4,12,15-17H2,1-3H3,(H2,21,22,23). The molecule has 0 saturated heterocycles. The van der Waals surface area contributed by atoms with Gasteiger partial charge in [0.1, 0.15) is 0 Å². The van der Waals surface area contributed by atoms with Gasteiger partial charge in [-0.05, 0) is 45.1 Å². The number of benzene rings is 1. The van der Waals surface area contributed by atoms with E-state index in [1.165, 1.54) is 5.56 Å². The van der Waals surface area contributed by atoms with Crippen LogP contribution in [0.1, 0.15) is 12.5 Å². The van der Waals surface area contributed by atoms with Crippen LogP contribution in [0, 0.1) is 0 Å². The number of hydrogen-bond donors (Lipinski definition) is 2. The van der Waals surface area contributed by atoms with Crippen LogP contribution in [0.15, 0.2) is 59.9 Å². The molecule has 0 spiro atoms. The highest BCUT2D eigenvalue weighted by atomic mass is 15.2. The molecule has 2 N–H and O–H groups in total. The molecule has 1 atom stereocenters. The third-order valence-corrected chi connectivity index (χ3v) is 4.18. The first kappa shape index (κ1) is 19.1. The first-order valence-corrected chi connectivity index (χ1v) is 9.02. The summed E-state index contributed by atoms with van der Waals surface area (Å²) in [5, 5.41) is 6.75. The van der Waals surface area contributed by atoms with Gasteiger partial charge in [0.2, 0.25) is 0 Å². The number of guanidine groups is 1. The van der Waals surface area contributed by atoms with Gasteiger partial charge in [-0.1, -0.05) is 30.3 Å². The molecule has 5 nitrogen and oxygen atoms in total. The molecule has 1 aromatic heterocycles. The molecule has 1 aromatic carbocycles. The third kappa shape index (κ3) is 7.01. The summed E-state index contributed by atoms with van der Waals surface area (Å²) in [4.78, 5) is 7.04. The molecule has 0 aliphatic carbocycles. The van der Waals surface area contributed by atoms with E-state index in [1.54, 1.807) is 0 Å². The highest BCUT2D eigenvalue weighted by molar-refractivity contribution is 5.79. The summed E-state index contributed by atoms with van der Waals surface area (Å²) in [7, 11) is 4.24. The average molecular weight is 342 g/mol. The molecule has 2 rings (SSSR count). The summed E-state index contributed by atoms with van der Waals surface area (Å²) in [5.41, 5.74) is 1.35. The van der Waals surface area contributed by atoms with Gasteiger partial charge in [-0.25, -0.2) is 0 Å². The normalized spacial score (nSPS) is 13.0. The van der Waals surface area contributed by atoms with E-state index in [2.05, 4.69) is 83.8 Å². The van der Waals surface area contributed by atoms with Gasteiger partial charge >= 0.3 is 0 Å². The Kier molecular flexibility index (Phi) is 8.05. The summed E-state index contributed by atoms with van der Waals surface area (Å²) in [6, 6.07) is 15.1. The number of rotatable bonds is 9. The second kappa shape index (κ2) is 10.6. The fourth-order valence-corrected chi connectivity index (χ4v) is 2.66. The van der Waals surface area contributed by atoms with E-state index >= 15 is 0 Å². The van der Waals surface area contributed by atoms with Gasteiger partial charge in [0.25, 0.3) is 0 Å². The van der Waals surface area contributed by atoms with E-state index in [9.17, 15) is 0 Å². The van der Waals surface area contributed by atoms with Crippen LogP contribution in [0.4, 0.5) is 0 Å². The SMILES string of the molecule is CCNC(=NCC(Cc1ccccc1)N(C)C)NCCn1cccc1. The summed E-state index contributed by atoms with van der Waals surface area (Å²) in [6.45, 7) is 5.50.